The number of benzene rings is 1. The van der Waals surface area contributed by atoms with Gasteiger partial charge in [-0.05, 0) is 35.8 Å². The first-order valence-electron chi connectivity index (χ1n) is 7.85. The van der Waals surface area contributed by atoms with Crippen LogP contribution in [0.15, 0.2) is 52.3 Å². The normalized spacial score (nSPS) is 11.9. The second-order valence-electron chi connectivity index (χ2n) is 5.83. The Morgan fingerprint density at radius 2 is 1.79 bits per heavy atom. The Balaban J connectivity index is 1.95. The summed E-state index contributed by atoms with van der Waals surface area (Å²) < 4.78 is 45.2. The van der Waals surface area contributed by atoms with Crippen molar-refractivity contribution in [1.82, 2.24) is 23.5 Å². The molecule has 142 valence electrons. The van der Waals surface area contributed by atoms with Crippen molar-refractivity contribution in [2.45, 2.75) is 6.18 Å². The second kappa shape index (κ2) is 6.37. The lowest BCUT2D eigenvalue weighted by atomic mass is 10.2. The van der Waals surface area contributed by atoms with Crippen LogP contribution in [0.2, 0.25) is 0 Å². The van der Waals surface area contributed by atoms with E-state index in [1.54, 1.807) is 24.5 Å². The molecule has 0 bridgehead atoms. The molecule has 11 heteroatoms. The topological polar surface area (TPSA) is 82.7 Å². The third-order valence-electron chi connectivity index (χ3n) is 4.10. The fraction of sp³-hybridized carbons (Fsp3) is 0.118. The van der Waals surface area contributed by atoms with Gasteiger partial charge in [0.15, 0.2) is 5.82 Å². The number of hydrogen-bond acceptors (Lipinski definition) is 6. The monoisotopic (exact) mass is 405 g/mol. The lowest BCUT2D eigenvalue weighted by Crippen LogP contribution is -2.40. The van der Waals surface area contributed by atoms with Crippen molar-refractivity contribution in [2.24, 2.45) is 7.05 Å². The maximum Gasteiger partial charge on any atom is 0.431 e. The highest BCUT2D eigenvalue weighted by Crippen LogP contribution is 2.30. The molecule has 0 spiro atoms. The average molecular weight is 405 g/mol. The zero-order valence-corrected chi connectivity index (χ0v) is 15.0. The largest absolute Gasteiger partial charge is 0.431 e. The van der Waals surface area contributed by atoms with Crippen LogP contribution in [-0.4, -0.2) is 23.5 Å². The summed E-state index contributed by atoms with van der Waals surface area (Å²) in [4.78, 5) is 33.0. The molecule has 0 aliphatic heterocycles. The molecule has 0 amide bonds. The van der Waals surface area contributed by atoms with Crippen LogP contribution in [0.1, 0.15) is 5.69 Å². The number of alkyl halides is 3. The predicted molar refractivity (Wildman–Crippen MR) is 96.5 cm³/mol. The van der Waals surface area contributed by atoms with E-state index in [4.69, 9.17) is 0 Å². The lowest BCUT2D eigenvalue weighted by molar-refractivity contribution is -0.144. The molecule has 0 saturated heterocycles. The van der Waals surface area contributed by atoms with Crippen LogP contribution in [0, 0.1) is 0 Å². The van der Waals surface area contributed by atoms with E-state index in [9.17, 15) is 22.8 Å². The zero-order valence-electron chi connectivity index (χ0n) is 14.1. The fourth-order valence-electron chi connectivity index (χ4n) is 2.78. The maximum atomic E-state index is 13.0. The van der Waals surface area contributed by atoms with Gasteiger partial charge in [0.2, 0.25) is 0 Å². The van der Waals surface area contributed by atoms with Crippen LogP contribution < -0.4 is 11.2 Å². The van der Waals surface area contributed by atoms with Gasteiger partial charge in [0.25, 0.3) is 5.56 Å². The average Bonchev–Trinajstić information content (AvgIpc) is 3.08. The minimum atomic E-state index is -4.81. The third kappa shape index (κ3) is 2.89. The fourth-order valence-corrected chi connectivity index (χ4v) is 3.54. The maximum absolute atomic E-state index is 13.0. The van der Waals surface area contributed by atoms with Crippen LogP contribution in [0.25, 0.3) is 27.3 Å². The molecule has 0 saturated carbocycles. The Bertz CT molecular complexity index is 1310. The van der Waals surface area contributed by atoms with Gasteiger partial charge in [0.05, 0.1) is 10.4 Å². The number of hydrogen-bond donors (Lipinski definition) is 0. The lowest BCUT2D eigenvalue weighted by Gasteiger charge is -2.14. The van der Waals surface area contributed by atoms with Gasteiger partial charge in [0.1, 0.15) is 11.4 Å². The highest BCUT2D eigenvalue weighted by Gasteiger charge is 2.35. The van der Waals surface area contributed by atoms with Crippen LogP contribution in [0.3, 0.4) is 0 Å². The smallest absolute Gasteiger partial charge is 0.292 e. The van der Waals surface area contributed by atoms with Crippen molar-refractivity contribution < 1.29 is 13.2 Å². The van der Waals surface area contributed by atoms with Gasteiger partial charge in [-0.25, -0.2) is 19.3 Å². The predicted octanol–water partition coefficient (Wildman–Crippen LogP) is 2.62. The molecule has 4 aromatic rings. The molecular weight excluding hydrogens is 395 g/mol. The molecule has 0 radical (unpaired) electrons. The molecule has 0 aliphatic carbocycles. The Morgan fingerprint density at radius 3 is 2.46 bits per heavy atom. The van der Waals surface area contributed by atoms with Gasteiger partial charge in [-0.15, -0.1) is 0 Å². The van der Waals surface area contributed by atoms with E-state index in [1.807, 2.05) is 0 Å². The summed E-state index contributed by atoms with van der Waals surface area (Å²) in [6, 6.07) is 6.68. The van der Waals surface area contributed by atoms with Crippen molar-refractivity contribution in [1.29, 1.82) is 0 Å². The van der Waals surface area contributed by atoms with E-state index in [0.29, 0.717) is 32.1 Å². The molecule has 3 aromatic heterocycles. The minimum absolute atomic E-state index is 0.129. The number of fused-ring (bicyclic) bond motifs is 1. The molecule has 0 unspecified atom stereocenters. The summed E-state index contributed by atoms with van der Waals surface area (Å²) in [7, 11) is 0.967. The van der Waals surface area contributed by atoms with Gasteiger partial charge in [-0.3, -0.25) is 9.36 Å². The van der Waals surface area contributed by atoms with Crippen LogP contribution in [0.4, 0.5) is 13.2 Å². The van der Waals surface area contributed by atoms with Gasteiger partial charge in [-0.2, -0.15) is 17.5 Å². The van der Waals surface area contributed by atoms with E-state index >= 15 is 0 Å². The second-order valence-corrected chi connectivity index (χ2v) is 6.63. The summed E-state index contributed by atoms with van der Waals surface area (Å²) in [5.41, 5.74) is -2.89. The van der Waals surface area contributed by atoms with Gasteiger partial charge in [0, 0.05) is 30.9 Å². The highest BCUT2D eigenvalue weighted by atomic mass is 32.1. The van der Waals surface area contributed by atoms with E-state index in [2.05, 4.69) is 14.3 Å². The van der Waals surface area contributed by atoms with Crippen molar-refractivity contribution >= 4 is 21.6 Å². The first-order valence-corrected chi connectivity index (χ1v) is 8.62. The number of rotatable bonds is 2. The van der Waals surface area contributed by atoms with Crippen molar-refractivity contribution in [3.8, 4) is 17.2 Å². The van der Waals surface area contributed by atoms with Gasteiger partial charge < -0.3 is 0 Å². The van der Waals surface area contributed by atoms with Crippen LogP contribution in [0.5, 0.6) is 0 Å². The highest BCUT2D eigenvalue weighted by molar-refractivity contribution is 7.13. The quantitative estimate of drug-likeness (QED) is 0.512. The van der Waals surface area contributed by atoms with Crippen LogP contribution >= 0.6 is 11.5 Å². The van der Waals surface area contributed by atoms with Crippen molar-refractivity contribution in [3.05, 3.63) is 69.3 Å². The summed E-state index contributed by atoms with van der Waals surface area (Å²) >= 11 is 1.18. The summed E-state index contributed by atoms with van der Waals surface area (Å²) in [6.45, 7) is 0. The van der Waals surface area contributed by atoms with E-state index in [-0.39, 0.29) is 5.69 Å². The number of halogens is 3. The molecule has 28 heavy (non-hydrogen) atoms. The third-order valence-corrected chi connectivity index (χ3v) is 4.93. The first kappa shape index (κ1) is 18.0. The standard InChI is InChI=1S/C17H10F3N5O2S/c1-24-12(17(18,19)20)8-13(26)25(16(24)27)9-3-4-11-10(7-9)14(23-28-11)15-21-5-2-6-22-15/h2-8H,1H3. The zero-order chi connectivity index (χ0) is 20.1. The van der Waals surface area contributed by atoms with E-state index in [0.717, 1.165) is 11.7 Å². The van der Waals surface area contributed by atoms with E-state index < -0.39 is 23.1 Å². The van der Waals surface area contributed by atoms with E-state index in [1.165, 1.54) is 23.7 Å². The Morgan fingerprint density at radius 1 is 1.07 bits per heavy atom. The SMILES string of the molecule is Cn1c(C(F)(F)F)cc(=O)n(-c2ccc3snc(-c4ncccn4)c3c2)c1=O. The van der Waals surface area contributed by atoms with Crippen molar-refractivity contribution in [3.63, 3.8) is 0 Å². The molecular formula is C17H10F3N5O2S. The molecule has 0 aliphatic rings. The molecule has 3 heterocycles. The Labute approximate surface area is 158 Å². The molecule has 1 aromatic carbocycles. The molecule has 0 fully saturated rings. The molecule has 4 rings (SSSR count). The Kier molecular flexibility index (Phi) is 4.11. The Hall–Kier alpha value is -3.34. The summed E-state index contributed by atoms with van der Waals surface area (Å²) in [5.74, 6) is 0.360. The van der Waals surface area contributed by atoms with Gasteiger partial charge >= 0.3 is 11.9 Å². The van der Waals surface area contributed by atoms with Crippen LogP contribution in [-0.2, 0) is 13.2 Å². The summed E-state index contributed by atoms with van der Waals surface area (Å²) in [6.07, 6.45) is -1.72. The molecule has 0 N–H and O–H groups in total. The first-order chi connectivity index (χ1) is 13.3. The minimum Gasteiger partial charge on any atom is -0.292 e. The van der Waals surface area contributed by atoms with Gasteiger partial charge in [-0.1, -0.05) is 0 Å². The van der Waals surface area contributed by atoms with Crippen molar-refractivity contribution in [2.75, 3.05) is 0 Å². The molecule has 7 nitrogen and oxygen atoms in total. The summed E-state index contributed by atoms with van der Waals surface area (Å²) in [5, 5.41) is 0.586. The number of nitrogens with zero attached hydrogens (tertiary/aromatic N) is 5. The number of aromatic nitrogens is 5. The molecule has 0 atom stereocenters.